The summed E-state index contributed by atoms with van der Waals surface area (Å²) >= 11 is 17.5. The molecule has 12 heteroatoms. The maximum absolute atomic E-state index is 12.4. The van der Waals surface area contributed by atoms with Crippen molar-refractivity contribution >= 4 is 52.1 Å². The summed E-state index contributed by atoms with van der Waals surface area (Å²) in [6.07, 6.45) is -1.15. The molecule has 1 rings (SSSR count). The third-order valence-corrected chi connectivity index (χ3v) is 3.42. The molecule has 138 valence electrons. The lowest BCUT2D eigenvalue weighted by Crippen LogP contribution is -2.58. The predicted molar refractivity (Wildman–Crippen MR) is 94.2 cm³/mol. The summed E-state index contributed by atoms with van der Waals surface area (Å²) in [5.41, 5.74) is -2.06. The van der Waals surface area contributed by atoms with E-state index in [1.165, 1.54) is 0 Å². The fourth-order valence-electron chi connectivity index (χ4n) is 1.78. The van der Waals surface area contributed by atoms with Gasteiger partial charge in [-0.3, -0.25) is 30.3 Å². The van der Waals surface area contributed by atoms with Crippen molar-refractivity contribution in [3.05, 3.63) is 44.0 Å². The normalized spacial score (nSPS) is 13.2. The van der Waals surface area contributed by atoms with Crippen molar-refractivity contribution in [2.45, 2.75) is 36.3 Å². The molecule has 0 radical (unpaired) electrons. The number of rotatable bonds is 5. The molecule has 1 atom stereocenters. The van der Waals surface area contributed by atoms with Gasteiger partial charge < -0.3 is 5.32 Å². The van der Waals surface area contributed by atoms with Crippen molar-refractivity contribution in [3.63, 3.8) is 0 Å². The Labute approximate surface area is 157 Å². The average molecular weight is 414 g/mol. The van der Waals surface area contributed by atoms with Gasteiger partial charge in [0.1, 0.15) is 6.17 Å². The molecule has 1 aromatic rings. The zero-order valence-electron chi connectivity index (χ0n) is 13.4. The van der Waals surface area contributed by atoms with Crippen LogP contribution in [-0.2, 0) is 0 Å². The van der Waals surface area contributed by atoms with Crippen molar-refractivity contribution in [1.82, 2.24) is 10.6 Å². The van der Waals surface area contributed by atoms with Gasteiger partial charge in [-0.15, -0.1) is 0 Å². The van der Waals surface area contributed by atoms with Gasteiger partial charge in [-0.05, 0) is 20.8 Å². The first-order chi connectivity index (χ1) is 11.2. The Kier molecular flexibility index (Phi) is 6.57. The van der Waals surface area contributed by atoms with E-state index in [1.54, 1.807) is 20.8 Å². The molecule has 0 spiro atoms. The van der Waals surface area contributed by atoms with Crippen LogP contribution in [0.2, 0.25) is 0 Å². The fraction of sp³-hybridized carbons (Fsp3) is 0.462. The van der Waals surface area contributed by atoms with Crippen LogP contribution in [-0.4, -0.2) is 31.3 Å². The van der Waals surface area contributed by atoms with E-state index in [0.717, 1.165) is 18.2 Å². The minimum atomic E-state index is -1.93. The van der Waals surface area contributed by atoms with Gasteiger partial charge in [0.05, 0.1) is 21.5 Å². The molecule has 0 aliphatic rings. The van der Waals surface area contributed by atoms with Crippen LogP contribution in [0.25, 0.3) is 0 Å². The lowest BCUT2D eigenvalue weighted by Gasteiger charge is -2.33. The Morgan fingerprint density at radius 3 is 1.80 bits per heavy atom. The van der Waals surface area contributed by atoms with Crippen molar-refractivity contribution in [3.8, 4) is 0 Å². The van der Waals surface area contributed by atoms with E-state index < -0.39 is 42.6 Å². The van der Waals surface area contributed by atoms with Gasteiger partial charge in [0.15, 0.2) is 0 Å². The van der Waals surface area contributed by atoms with Gasteiger partial charge in [-0.25, -0.2) is 0 Å². The zero-order valence-corrected chi connectivity index (χ0v) is 15.6. The number of nitrogens with one attached hydrogen (secondary N) is 2. The van der Waals surface area contributed by atoms with Crippen LogP contribution in [0.4, 0.5) is 11.4 Å². The van der Waals surface area contributed by atoms with Crippen molar-refractivity contribution in [1.29, 1.82) is 0 Å². The van der Waals surface area contributed by atoms with Crippen LogP contribution in [0, 0.1) is 20.2 Å². The first-order valence-electron chi connectivity index (χ1n) is 6.80. The van der Waals surface area contributed by atoms with Gasteiger partial charge >= 0.3 is 0 Å². The second kappa shape index (κ2) is 7.69. The molecule has 0 unspecified atom stereocenters. The highest BCUT2D eigenvalue weighted by Gasteiger charge is 2.36. The van der Waals surface area contributed by atoms with Gasteiger partial charge in [0.25, 0.3) is 17.3 Å². The Bertz CT molecular complexity index is 668. The molecule has 25 heavy (non-hydrogen) atoms. The molecule has 0 aliphatic heterocycles. The molecule has 1 aromatic carbocycles. The summed E-state index contributed by atoms with van der Waals surface area (Å²) in [6, 6.07) is 2.54. The number of non-ortho nitro benzene ring substituents is 2. The number of nitrogens with zero attached hydrogens (tertiary/aromatic N) is 2. The Hall–Kier alpha value is -1.68. The quantitative estimate of drug-likeness (QED) is 0.330. The van der Waals surface area contributed by atoms with E-state index in [2.05, 4.69) is 10.6 Å². The molecule has 0 saturated heterocycles. The SMILES string of the molecule is CC(C)(C)N[C@H](NC(=O)c1cc([N+](=O)[O-])cc([N+](=O)[O-])c1)C(Cl)(Cl)Cl. The van der Waals surface area contributed by atoms with Crippen LogP contribution >= 0.6 is 34.8 Å². The summed E-state index contributed by atoms with van der Waals surface area (Å²) in [7, 11) is 0. The third kappa shape index (κ3) is 6.62. The fourth-order valence-corrected chi connectivity index (χ4v) is 2.11. The monoisotopic (exact) mass is 412 g/mol. The summed E-state index contributed by atoms with van der Waals surface area (Å²) in [4.78, 5) is 32.5. The van der Waals surface area contributed by atoms with E-state index in [9.17, 15) is 25.0 Å². The van der Waals surface area contributed by atoms with Crippen molar-refractivity contribution in [2.75, 3.05) is 0 Å². The van der Waals surface area contributed by atoms with Crippen LogP contribution in [0.1, 0.15) is 31.1 Å². The molecule has 0 aromatic heterocycles. The minimum absolute atomic E-state index is 0.309. The van der Waals surface area contributed by atoms with Gasteiger partial charge in [0.2, 0.25) is 3.79 Å². The zero-order chi connectivity index (χ0) is 19.6. The molecular formula is C13H15Cl3N4O5. The molecular weight excluding hydrogens is 399 g/mol. The van der Waals surface area contributed by atoms with E-state index in [1.807, 2.05) is 0 Å². The second-order valence-corrected chi connectivity index (χ2v) is 8.46. The number of nitro groups is 2. The Balaban J connectivity index is 3.20. The molecule has 0 bridgehead atoms. The number of amides is 1. The van der Waals surface area contributed by atoms with Gasteiger partial charge in [-0.2, -0.15) is 0 Å². The van der Waals surface area contributed by atoms with Crippen LogP contribution < -0.4 is 10.6 Å². The van der Waals surface area contributed by atoms with Crippen molar-refractivity contribution in [2.24, 2.45) is 0 Å². The van der Waals surface area contributed by atoms with Crippen molar-refractivity contribution < 1.29 is 14.6 Å². The maximum atomic E-state index is 12.4. The summed E-state index contributed by atoms with van der Waals surface area (Å²) < 4.78 is -1.93. The highest BCUT2D eigenvalue weighted by molar-refractivity contribution is 6.68. The molecule has 9 nitrogen and oxygen atoms in total. The largest absolute Gasteiger partial charge is 0.333 e. The predicted octanol–water partition coefficient (Wildman–Crippen LogP) is 3.32. The highest BCUT2D eigenvalue weighted by Crippen LogP contribution is 2.30. The smallest absolute Gasteiger partial charge is 0.277 e. The maximum Gasteiger partial charge on any atom is 0.277 e. The number of hydrogen-bond donors (Lipinski definition) is 2. The van der Waals surface area contributed by atoms with Crippen LogP contribution in [0.15, 0.2) is 18.2 Å². The highest BCUT2D eigenvalue weighted by atomic mass is 35.6. The lowest BCUT2D eigenvalue weighted by atomic mass is 10.1. The Morgan fingerprint density at radius 1 is 1.04 bits per heavy atom. The van der Waals surface area contributed by atoms with E-state index in [4.69, 9.17) is 34.8 Å². The number of carbonyl (C=O) groups excluding carboxylic acids is 1. The summed E-state index contributed by atoms with van der Waals surface area (Å²) in [6.45, 7) is 5.29. The van der Waals surface area contributed by atoms with Crippen LogP contribution in [0.5, 0.6) is 0 Å². The minimum Gasteiger partial charge on any atom is -0.333 e. The molecule has 0 heterocycles. The lowest BCUT2D eigenvalue weighted by molar-refractivity contribution is -0.394. The summed E-state index contributed by atoms with van der Waals surface area (Å²) in [5.74, 6) is -0.875. The number of nitro benzene ring substituents is 2. The first kappa shape index (κ1) is 21.4. The number of halogens is 3. The van der Waals surface area contributed by atoms with Gasteiger partial charge in [0, 0.05) is 17.7 Å². The first-order valence-corrected chi connectivity index (χ1v) is 7.93. The topological polar surface area (TPSA) is 127 Å². The summed E-state index contributed by atoms with van der Waals surface area (Å²) in [5, 5.41) is 27.0. The standard InChI is InChI=1S/C13H15Cl3N4O5/c1-12(2,3)18-11(13(14,15)16)17-10(21)7-4-8(19(22)23)6-9(5-7)20(24)25/h4-6,11,18H,1-3H3,(H,17,21)/t11-/m0/s1. The third-order valence-electron chi connectivity index (χ3n) is 2.77. The molecule has 0 saturated carbocycles. The number of hydrogen-bond acceptors (Lipinski definition) is 6. The van der Waals surface area contributed by atoms with E-state index in [-0.39, 0.29) is 5.56 Å². The number of benzene rings is 1. The molecule has 0 fully saturated rings. The average Bonchev–Trinajstić information content (AvgIpc) is 2.43. The van der Waals surface area contributed by atoms with E-state index >= 15 is 0 Å². The second-order valence-electron chi connectivity index (χ2n) is 6.09. The molecule has 1 amide bonds. The number of alkyl halides is 3. The van der Waals surface area contributed by atoms with E-state index in [0.29, 0.717) is 0 Å². The molecule has 0 aliphatic carbocycles. The Morgan fingerprint density at radius 2 is 1.48 bits per heavy atom. The van der Waals surface area contributed by atoms with Crippen LogP contribution in [0.3, 0.4) is 0 Å². The number of carbonyl (C=O) groups is 1. The van der Waals surface area contributed by atoms with Gasteiger partial charge in [-0.1, -0.05) is 34.8 Å². The molecule has 2 N–H and O–H groups in total.